The predicted molar refractivity (Wildman–Crippen MR) is 78.2 cm³/mol. The number of phenols is 2. The number of aromatic hydroxyl groups is 2. The number of hydrogen-bond donors (Lipinski definition) is 4. The molecular weight excluding hydrogens is 254 g/mol. The van der Waals surface area contributed by atoms with Crippen molar-refractivity contribution in [2.24, 2.45) is 0 Å². The van der Waals surface area contributed by atoms with Gasteiger partial charge in [0.25, 0.3) is 0 Å². The number of aryl methyl sites for hydroxylation is 1. The molecule has 2 aromatic rings. The molecule has 4 nitrogen and oxygen atoms in total. The monoisotopic (exact) mass is 275 g/mol. The Morgan fingerprint density at radius 3 is 2.80 bits per heavy atom. The predicted octanol–water partition coefficient (Wildman–Crippen LogP) is 2.95. The van der Waals surface area contributed by atoms with Crippen molar-refractivity contribution in [2.75, 3.05) is 6.61 Å². The first-order chi connectivity index (χ1) is 9.61. The van der Waals surface area contributed by atoms with E-state index in [1.54, 1.807) is 6.07 Å². The average molecular weight is 275 g/mol. The van der Waals surface area contributed by atoms with Gasteiger partial charge >= 0.3 is 0 Å². The van der Waals surface area contributed by atoms with Crippen LogP contribution in [-0.4, -0.2) is 26.9 Å². The minimum atomic E-state index is -0.0383. The SMILES string of the molecule is CCC1(CCO)CCCc2c1[nH]c1c(O)cc(O)cc21. The van der Waals surface area contributed by atoms with Crippen LogP contribution in [0.3, 0.4) is 0 Å². The molecule has 0 saturated heterocycles. The lowest BCUT2D eigenvalue weighted by Crippen LogP contribution is -2.31. The molecule has 1 aromatic heterocycles. The maximum atomic E-state index is 10.0. The summed E-state index contributed by atoms with van der Waals surface area (Å²) < 4.78 is 0. The standard InChI is InChI=1S/C16H21NO3/c1-2-16(6-7-18)5-3-4-11-12-8-10(19)9-13(20)14(12)17-15(11)16/h8-9,17-20H,2-7H2,1H3. The summed E-state index contributed by atoms with van der Waals surface area (Å²) in [5.74, 6) is 0.176. The molecule has 0 radical (unpaired) electrons. The van der Waals surface area contributed by atoms with Gasteiger partial charge in [-0.05, 0) is 43.7 Å². The highest BCUT2D eigenvalue weighted by atomic mass is 16.3. The van der Waals surface area contributed by atoms with Crippen LogP contribution in [0.2, 0.25) is 0 Å². The normalized spacial score (nSPS) is 22.1. The second-order valence-corrected chi connectivity index (χ2v) is 5.83. The number of aliphatic hydroxyl groups excluding tert-OH is 1. The molecule has 0 bridgehead atoms. The zero-order valence-electron chi connectivity index (χ0n) is 11.7. The van der Waals surface area contributed by atoms with Crippen LogP contribution in [-0.2, 0) is 11.8 Å². The largest absolute Gasteiger partial charge is 0.508 e. The molecule has 4 heteroatoms. The van der Waals surface area contributed by atoms with E-state index in [9.17, 15) is 15.3 Å². The van der Waals surface area contributed by atoms with Crippen LogP contribution in [0.5, 0.6) is 11.5 Å². The first-order valence-electron chi connectivity index (χ1n) is 7.29. The van der Waals surface area contributed by atoms with Gasteiger partial charge in [0.15, 0.2) is 0 Å². The average Bonchev–Trinajstić information content (AvgIpc) is 2.80. The topological polar surface area (TPSA) is 76.5 Å². The van der Waals surface area contributed by atoms with E-state index in [1.807, 2.05) is 0 Å². The molecule has 1 aromatic carbocycles. The Bertz CT molecular complexity index is 647. The number of aliphatic hydroxyl groups is 1. The van der Waals surface area contributed by atoms with Gasteiger partial charge in [-0.3, -0.25) is 0 Å². The highest BCUT2D eigenvalue weighted by molar-refractivity contribution is 5.91. The maximum Gasteiger partial charge on any atom is 0.143 e. The Morgan fingerprint density at radius 2 is 2.10 bits per heavy atom. The molecule has 108 valence electrons. The van der Waals surface area contributed by atoms with Gasteiger partial charge in [-0.25, -0.2) is 0 Å². The van der Waals surface area contributed by atoms with Crippen LogP contribution in [0, 0.1) is 0 Å². The van der Waals surface area contributed by atoms with E-state index in [1.165, 1.54) is 11.6 Å². The summed E-state index contributed by atoms with van der Waals surface area (Å²) in [4.78, 5) is 3.37. The van der Waals surface area contributed by atoms with Gasteiger partial charge < -0.3 is 20.3 Å². The zero-order valence-corrected chi connectivity index (χ0v) is 11.7. The minimum Gasteiger partial charge on any atom is -0.508 e. The van der Waals surface area contributed by atoms with E-state index in [2.05, 4.69) is 11.9 Å². The van der Waals surface area contributed by atoms with Crippen LogP contribution in [0.1, 0.15) is 43.9 Å². The van der Waals surface area contributed by atoms with E-state index in [4.69, 9.17) is 0 Å². The van der Waals surface area contributed by atoms with Crippen LogP contribution in [0.4, 0.5) is 0 Å². The summed E-state index contributed by atoms with van der Waals surface area (Å²) in [5.41, 5.74) is 2.98. The summed E-state index contributed by atoms with van der Waals surface area (Å²) >= 11 is 0. The number of aromatic amines is 1. The third kappa shape index (κ3) is 1.79. The molecular formula is C16H21NO3. The third-order valence-corrected chi connectivity index (χ3v) is 4.86. The Balaban J connectivity index is 2.27. The fourth-order valence-corrected chi connectivity index (χ4v) is 3.75. The van der Waals surface area contributed by atoms with Crippen molar-refractivity contribution in [3.05, 3.63) is 23.4 Å². The lowest BCUT2D eigenvalue weighted by atomic mass is 9.69. The lowest BCUT2D eigenvalue weighted by Gasteiger charge is -2.36. The number of fused-ring (bicyclic) bond motifs is 3. The lowest BCUT2D eigenvalue weighted by molar-refractivity contribution is 0.213. The second kappa shape index (κ2) is 4.70. The van der Waals surface area contributed by atoms with E-state index >= 15 is 0 Å². The first-order valence-corrected chi connectivity index (χ1v) is 7.29. The van der Waals surface area contributed by atoms with Gasteiger partial charge in [0.1, 0.15) is 11.5 Å². The maximum absolute atomic E-state index is 10.0. The number of nitrogens with one attached hydrogen (secondary N) is 1. The van der Waals surface area contributed by atoms with Gasteiger partial charge in [0, 0.05) is 29.2 Å². The molecule has 0 aliphatic heterocycles. The molecule has 1 atom stereocenters. The van der Waals surface area contributed by atoms with E-state index in [-0.39, 0.29) is 23.5 Å². The van der Waals surface area contributed by atoms with Crippen molar-refractivity contribution in [1.29, 1.82) is 0 Å². The molecule has 3 rings (SSSR count). The summed E-state index contributed by atoms with van der Waals surface area (Å²) in [7, 11) is 0. The van der Waals surface area contributed by atoms with E-state index < -0.39 is 0 Å². The van der Waals surface area contributed by atoms with Gasteiger partial charge in [0.05, 0.1) is 5.52 Å². The number of benzene rings is 1. The summed E-state index contributed by atoms with van der Waals surface area (Å²) in [6, 6.07) is 3.08. The summed E-state index contributed by atoms with van der Waals surface area (Å²) in [5, 5.41) is 30.1. The van der Waals surface area contributed by atoms with Gasteiger partial charge in [-0.1, -0.05) is 6.92 Å². The van der Waals surface area contributed by atoms with Gasteiger partial charge in [0.2, 0.25) is 0 Å². The summed E-state index contributed by atoms with van der Waals surface area (Å²) in [6.07, 6.45) is 4.77. The molecule has 1 aliphatic carbocycles. The molecule has 0 spiro atoms. The molecule has 20 heavy (non-hydrogen) atoms. The van der Waals surface area contributed by atoms with Crippen molar-refractivity contribution in [1.82, 2.24) is 4.98 Å². The van der Waals surface area contributed by atoms with Crippen LogP contribution in [0.25, 0.3) is 10.9 Å². The Kier molecular flexibility index (Phi) is 3.13. The van der Waals surface area contributed by atoms with Crippen LogP contribution in [0.15, 0.2) is 12.1 Å². The first kappa shape index (κ1) is 13.3. The van der Waals surface area contributed by atoms with E-state index in [0.717, 1.165) is 43.2 Å². The van der Waals surface area contributed by atoms with Crippen molar-refractivity contribution >= 4 is 10.9 Å². The fourth-order valence-electron chi connectivity index (χ4n) is 3.75. The van der Waals surface area contributed by atoms with Gasteiger partial charge in [-0.2, -0.15) is 0 Å². The van der Waals surface area contributed by atoms with Crippen molar-refractivity contribution < 1.29 is 15.3 Å². The molecule has 1 unspecified atom stereocenters. The minimum absolute atomic E-state index is 0.0383. The highest BCUT2D eigenvalue weighted by Gasteiger charge is 2.37. The van der Waals surface area contributed by atoms with E-state index in [0.29, 0.717) is 5.52 Å². The quantitative estimate of drug-likeness (QED) is 0.695. The fraction of sp³-hybridized carbons (Fsp3) is 0.500. The number of hydrogen-bond acceptors (Lipinski definition) is 3. The van der Waals surface area contributed by atoms with Crippen molar-refractivity contribution in [3.8, 4) is 11.5 Å². The second-order valence-electron chi connectivity index (χ2n) is 5.83. The highest BCUT2D eigenvalue weighted by Crippen LogP contribution is 2.46. The Labute approximate surface area is 118 Å². The van der Waals surface area contributed by atoms with Crippen molar-refractivity contribution in [2.45, 2.75) is 44.4 Å². The number of rotatable bonds is 3. The number of phenolic OH excluding ortho intramolecular Hbond substituents is 2. The van der Waals surface area contributed by atoms with Crippen LogP contribution < -0.4 is 0 Å². The Morgan fingerprint density at radius 1 is 1.30 bits per heavy atom. The molecule has 1 heterocycles. The van der Waals surface area contributed by atoms with Crippen LogP contribution >= 0.6 is 0 Å². The zero-order chi connectivity index (χ0) is 14.3. The molecule has 0 fully saturated rings. The van der Waals surface area contributed by atoms with Gasteiger partial charge in [-0.15, -0.1) is 0 Å². The molecule has 0 amide bonds. The Hall–Kier alpha value is -1.68. The number of aromatic nitrogens is 1. The third-order valence-electron chi connectivity index (χ3n) is 4.86. The smallest absolute Gasteiger partial charge is 0.143 e. The summed E-state index contributed by atoms with van der Waals surface area (Å²) in [6.45, 7) is 2.31. The van der Waals surface area contributed by atoms with Crippen molar-refractivity contribution in [3.63, 3.8) is 0 Å². The number of H-pyrrole nitrogens is 1. The molecule has 1 aliphatic rings. The molecule has 0 saturated carbocycles. The molecule has 4 N–H and O–H groups in total.